The maximum Gasteiger partial charge on any atom is 0.344 e. The van der Waals surface area contributed by atoms with E-state index >= 15 is 0 Å². The summed E-state index contributed by atoms with van der Waals surface area (Å²) in [7, 11) is 0. The summed E-state index contributed by atoms with van der Waals surface area (Å²) in [6.07, 6.45) is 0. The van der Waals surface area contributed by atoms with Crippen molar-refractivity contribution in [1.82, 2.24) is 0 Å². The number of para-hydroxylation sites is 1. The predicted octanol–water partition coefficient (Wildman–Crippen LogP) is 2.04. The standard InChI is InChI=1S/C19H15N3O4/c20-10-11-22(16-4-2-1-3-5-16)18(23)13-26-19(24)14-25-17-8-6-15(12-21)7-9-17/h1-9H,11,13-14H2. The Labute approximate surface area is 150 Å². The fraction of sp³-hybridized carbons (Fsp3) is 0.158. The second-order valence-corrected chi connectivity index (χ2v) is 5.06. The third-order valence-electron chi connectivity index (χ3n) is 3.29. The molecule has 0 aromatic heterocycles. The van der Waals surface area contributed by atoms with Gasteiger partial charge in [0.1, 0.15) is 12.3 Å². The lowest BCUT2D eigenvalue weighted by Crippen LogP contribution is -2.35. The Balaban J connectivity index is 1.84. The minimum absolute atomic E-state index is 0.151. The molecule has 0 aliphatic carbocycles. The average Bonchev–Trinajstić information content (AvgIpc) is 2.69. The Morgan fingerprint density at radius 2 is 1.65 bits per heavy atom. The third-order valence-corrected chi connectivity index (χ3v) is 3.29. The molecule has 0 bridgehead atoms. The van der Waals surface area contributed by atoms with Crippen molar-refractivity contribution in [1.29, 1.82) is 10.5 Å². The number of hydrogen-bond acceptors (Lipinski definition) is 6. The molecule has 0 saturated carbocycles. The Bertz CT molecular complexity index is 836. The molecule has 0 aliphatic rings. The maximum absolute atomic E-state index is 12.2. The molecular formula is C19H15N3O4. The first-order valence-electron chi connectivity index (χ1n) is 7.65. The van der Waals surface area contributed by atoms with E-state index in [2.05, 4.69) is 0 Å². The van der Waals surface area contributed by atoms with Gasteiger partial charge in [0.15, 0.2) is 13.2 Å². The van der Waals surface area contributed by atoms with Crippen molar-refractivity contribution in [2.75, 3.05) is 24.7 Å². The van der Waals surface area contributed by atoms with Crippen molar-refractivity contribution in [3.05, 3.63) is 60.2 Å². The number of amides is 1. The summed E-state index contributed by atoms with van der Waals surface area (Å²) >= 11 is 0. The maximum atomic E-state index is 12.2. The number of carbonyl (C=O) groups is 2. The quantitative estimate of drug-likeness (QED) is 0.560. The van der Waals surface area contributed by atoms with Crippen molar-refractivity contribution in [3.63, 3.8) is 0 Å². The van der Waals surface area contributed by atoms with Crippen LogP contribution in [0.15, 0.2) is 54.6 Å². The second kappa shape index (κ2) is 9.45. The lowest BCUT2D eigenvalue weighted by molar-refractivity contribution is -0.149. The fourth-order valence-corrected chi connectivity index (χ4v) is 2.03. The first kappa shape index (κ1) is 18.5. The first-order valence-corrected chi connectivity index (χ1v) is 7.65. The molecule has 0 unspecified atom stereocenters. The van der Waals surface area contributed by atoms with E-state index in [1.807, 2.05) is 12.1 Å². The van der Waals surface area contributed by atoms with E-state index in [-0.39, 0.29) is 13.2 Å². The van der Waals surface area contributed by atoms with Crippen LogP contribution in [-0.2, 0) is 14.3 Å². The second-order valence-electron chi connectivity index (χ2n) is 5.06. The zero-order valence-corrected chi connectivity index (χ0v) is 13.8. The molecule has 0 radical (unpaired) electrons. The summed E-state index contributed by atoms with van der Waals surface area (Å²) in [4.78, 5) is 25.2. The van der Waals surface area contributed by atoms with Crippen LogP contribution in [0.1, 0.15) is 5.56 Å². The summed E-state index contributed by atoms with van der Waals surface area (Å²) in [5.74, 6) is -0.820. The van der Waals surface area contributed by atoms with Gasteiger partial charge in [-0.1, -0.05) is 18.2 Å². The van der Waals surface area contributed by atoms with Crippen LogP contribution in [-0.4, -0.2) is 31.6 Å². The molecule has 7 heteroatoms. The van der Waals surface area contributed by atoms with E-state index in [1.54, 1.807) is 54.6 Å². The zero-order chi connectivity index (χ0) is 18.8. The minimum Gasteiger partial charge on any atom is -0.482 e. The number of hydrogen-bond donors (Lipinski definition) is 0. The zero-order valence-electron chi connectivity index (χ0n) is 13.8. The van der Waals surface area contributed by atoms with E-state index in [0.717, 1.165) is 0 Å². The van der Waals surface area contributed by atoms with E-state index in [1.165, 1.54) is 4.90 Å². The summed E-state index contributed by atoms with van der Waals surface area (Å²) in [5, 5.41) is 17.6. The van der Waals surface area contributed by atoms with Gasteiger partial charge >= 0.3 is 5.97 Å². The number of carbonyl (C=O) groups excluding carboxylic acids is 2. The van der Waals surface area contributed by atoms with Crippen LogP contribution in [0.2, 0.25) is 0 Å². The monoisotopic (exact) mass is 349 g/mol. The topological polar surface area (TPSA) is 103 Å². The number of nitriles is 2. The molecule has 26 heavy (non-hydrogen) atoms. The molecule has 0 atom stereocenters. The molecule has 2 aromatic carbocycles. The van der Waals surface area contributed by atoms with Crippen molar-refractivity contribution in [2.45, 2.75) is 0 Å². The SMILES string of the molecule is N#CCN(C(=O)COC(=O)COc1ccc(C#N)cc1)c1ccccc1. The molecule has 0 saturated heterocycles. The van der Waals surface area contributed by atoms with Gasteiger partial charge in [-0.25, -0.2) is 4.79 Å². The predicted molar refractivity (Wildman–Crippen MR) is 92.0 cm³/mol. The molecule has 0 heterocycles. The van der Waals surface area contributed by atoms with Gasteiger partial charge in [-0.3, -0.25) is 9.69 Å². The van der Waals surface area contributed by atoms with Crippen LogP contribution in [0.4, 0.5) is 5.69 Å². The molecule has 2 rings (SSSR count). The molecule has 1 amide bonds. The average molecular weight is 349 g/mol. The molecule has 0 N–H and O–H groups in total. The number of rotatable bonds is 7. The fourth-order valence-electron chi connectivity index (χ4n) is 2.03. The van der Waals surface area contributed by atoms with Crippen LogP contribution in [0.3, 0.4) is 0 Å². The van der Waals surface area contributed by atoms with E-state index in [0.29, 0.717) is 17.0 Å². The third kappa shape index (κ3) is 5.36. The van der Waals surface area contributed by atoms with Gasteiger partial charge < -0.3 is 9.47 Å². The van der Waals surface area contributed by atoms with Gasteiger partial charge in [0.25, 0.3) is 5.91 Å². The lowest BCUT2D eigenvalue weighted by Gasteiger charge is -2.19. The Kier molecular flexibility index (Phi) is 6.73. The molecule has 0 fully saturated rings. The molecule has 0 aliphatic heterocycles. The van der Waals surface area contributed by atoms with Crippen molar-refractivity contribution >= 4 is 17.6 Å². The van der Waals surface area contributed by atoms with Crippen LogP contribution in [0.25, 0.3) is 0 Å². The highest BCUT2D eigenvalue weighted by Crippen LogP contribution is 2.13. The van der Waals surface area contributed by atoms with Gasteiger partial charge in [-0.2, -0.15) is 10.5 Å². The smallest absolute Gasteiger partial charge is 0.344 e. The summed E-state index contributed by atoms with van der Waals surface area (Å²) in [5.41, 5.74) is 1.02. The minimum atomic E-state index is -0.715. The Hall–Kier alpha value is -3.84. The van der Waals surface area contributed by atoms with Crippen LogP contribution in [0, 0.1) is 22.7 Å². The van der Waals surface area contributed by atoms with Crippen molar-refractivity contribution < 1.29 is 19.1 Å². The number of benzene rings is 2. The molecule has 2 aromatic rings. The van der Waals surface area contributed by atoms with Crippen molar-refractivity contribution in [2.24, 2.45) is 0 Å². The Morgan fingerprint density at radius 1 is 0.962 bits per heavy atom. The lowest BCUT2D eigenvalue weighted by atomic mass is 10.2. The summed E-state index contributed by atoms with van der Waals surface area (Å²) in [6, 6.07) is 18.8. The number of anilines is 1. The molecular weight excluding hydrogens is 334 g/mol. The summed E-state index contributed by atoms with van der Waals surface area (Å²) < 4.78 is 10.1. The van der Waals surface area contributed by atoms with Crippen molar-refractivity contribution in [3.8, 4) is 17.9 Å². The highest BCUT2D eigenvalue weighted by atomic mass is 16.6. The number of ether oxygens (including phenoxy) is 2. The van der Waals surface area contributed by atoms with E-state index in [4.69, 9.17) is 20.0 Å². The number of esters is 1. The van der Waals surface area contributed by atoms with Crippen LogP contribution >= 0.6 is 0 Å². The molecule has 7 nitrogen and oxygen atoms in total. The van der Waals surface area contributed by atoms with Gasteiger partial charge in [0, 0.05) is 5.69 Å². The van der Waals surface area contributed by atoms with Gasteiger partial charge in [0.05, 0.1) is 17.7 Å². The van der Waals surface area contributed by atoms with Gasteiger partial charge in [-0.15, -0.1) is 0 Å². The highest BCUT2D eigenvalue weighted by Gasteiger charge is 2.17. The molecule has 130 valence electrons. The normalized spacial score (nSPS) is 9.46. The highest BCUT2D eigenvalue weighted by molar-refractivity contribution is 5.95. The number of nitrogens with zero attached hydrogens (tertiary/aromatic N) is 3. The Morgan fingerprint density at radius 3 is 2.27 bits per heavy atom. The van der Waals surface area contributed by atoms with E-state index in [9.17, 15) is 9.59 Å². The largest absolute Gasteiger partial charge is 0.482 e. The van der Waals surface area contributed by atoms with Crippen LogP contribution < -0.4 is 9.64 Å². The molecule has 0 spiro atoms. The van der Waals surface area contributed by atoms with E-state index < -0.39 is 18.5 Å². The first-order chi connectivity index (χ1) is 12.6. The summed E-state index contributed by atoms with van der Waals surface area (Å²) in [6.45, 7) is -1.02. The van der Waals surface area contributed by atoms with Crippen LogP contribution in [0.5, 0.6) is 5.75 Å². The van der Waals surface area contributed by atoms with Gasteiger partial charge in [-0.05, 0) is 36.4 Å². The van der Waals surface area contributed by atoms with Gasteiger partial charge in [0.2, 0.25) is 0 Å².